The van der Waals surface area contributed by atoms with Gasteiger partial charge in [0.1, 0.15) is 0 Å². The maximum Gasteiger partial charge on any atom is 0.320 e. The van der Waals surface area contributed by atoms with Crippen LogP contribution in [0.5, 0.6) is 0 Å². The van der Waals surface area contributed by atoms with Crippen molar-refractivity contribution >= 4 is 12.4 Å². The highest BCUT2D eigenvalue weighted by molar-refractivity contribution is 5.97. The Kier molecular flexibility index (Phi) is 1.73. The van der Waals surface area contributed by atoms with Crippen molar-refractivity contribution in [1.82, 2.24) is 5.06 Å². The SMILES string of the molecule is O=CON1Cc2ccccc2C1=O. The van der Waals surface area contributed by atoms with E-state index in [1.165, 1.54) is 0 Å². The molecule has 0 radical (unpaired) electrons. The third-order valence-corrected chi connectivity index (χ3v) is 1.96. The molecule has 1 heterocycles. The predicted octanol–water partition coefficient (Wildman–Crippen LogP) is 0.730. The van der Waals surface area contributed by atoms with E-state index in [0.29, 0.717) is 12.1 Å². The molecule has 66 valence electrons. The standard InChI is InChI=1S/C9H7NO3/c11-6-13-10-5-7-3-1-2-4-8(7)9(10)12/h1-4,6H,5H2. The maximum atomic E-state index is 11.4. The van der Waals surface area contributed by atoms with E-state index in [-0.39, 0.29) is 12.4 Å². The monoisotopic (exact) mass is 177 g/mol. The fraction of sp³-hybridized carbons (Fsp3) is 0.111. The number of nitrogens with zero attached hydrogens (tertiary/aromatic N) is 1. The van der Waals surface area contributed by atoms with Crippen LogP contribution in [0.4, 0.5) is 0 Å². The molecule has 0 aliphatic carbocycles. The van der Waals surface area contributed by atoms with Gasteiger partial charge >= 0.3 is 6.47 Å². The van der Waals surface area contributed by atoms with E-state index in [9.17, 15) is 9.59 Å². The molecule has 0 aromatic heterocycles. The van der Waals surface area contributed by atoms with E-state index in [0.717, 1.165) is 10.6 Å². The third kappa shape index (κ3) is 1.16. The average molecular weight is 177 g/mol. The largest absolute Gasteiger partial charge is 0.341 e. The summed E-state index contributed by atoms with van der Waals surface area (Å²) in [5, 5.41) is 1.04. The molecule has 0 bridgehead atoms. The highest BCUT2D eigenvalue weighted by Gasteiger charge is 2.27. The van der Waals surface area contributed by atoms with Crippen LogP contribution in [0.3, 0.4) is 0 Å². The van der Waals surface area contributed by atoms with Crippen molar-refractivity contribution in [3.05, 3.63) is 35.4 Å². The lowest BCUT2D eigenvalue weighted by Crippen LogP contribution is -2.23. The van der Waals surface area contributed by atoms with Crippen LogP contribution in [0.2, 0.25) is 0 Å². The molecular formula is C9H7NO3. The summed E-state index contributed by atoms with van der Waals surface area (Å²) in [7, 11) is 0. The molecule has 1 aromatic rings. The van der Waals surface area contributed by atoms with Crippen molar-refractivity contribution < 1.29 is 14.4 Å². The van der Waals surface area contributed by atoms with Gasteiger partial charge < -0.3 is 4.84 Å². The molecule has 13 heavy (non-hydrogen) atoms. The van der Waals surface area contributed by atoms with Gasteiger partial charge in [0.25, 0.3) is 5.91 Å². The van der Waals surface area contributed by atoms with Crippen molar-refractivity contribution in [2.24, 2.45) is 0 Å². The Labute approximate surface area is 74.7 Å². The Morgan fingerprint density at radius 3 is 2.85 bits per heavy atom. The van der Waals surface area contributed by atoms with Crippen LogP contribution < -0.4 is 0 Å². The van der Waals surface area contributed by atoms with Gasteiger partial charge in [-0.1, -0.05) is 18.2 Å². The van der Waals surface area contributed by atoms with E-state index in [4.69, 9.17) is 0 Å². The van der Waals surface area contributed by atoms with Gasteiger partial charge in [-0.3, -0.25) is 9.59 Å². The summed E-state index contributed by atoms with van der Waals surface area (Å²) >= 11 is 0. The van der Waals surface area contributed by atoms with Gasteiger partial charge in [-0.25, -0.2) is 0 Å². The van der Waals surface area contributed by atoms with E-state index in [1.54, 1.807) is 12.1 Å². The van der Waals surface area contributed by atoms with Crippen molar-refractivity contribution in [3.63, 3.8) is 0 Å². The first kappa shape index (κ1) is 7.79. The lowest BCUT2D eigenvalue weighted by molar-refractivity contribution is -0.161. The van der Waals surface area contributed by atoms with E-state index < -0.39 is 0 Å². The smallest absolute Gasteiger partial charge is 0.320 e. The third-order valence-electron chi connectivity index (χ3n) is 1.96. The number of carbonyl (C=O) groups excluding carboxylic acids is 2. The molecule has 0 saturated heterocycles. The Balaban J connectivity index is 2.32. The maximum absolute atomic E-state index is 11.4. The molecule has 0 atom stereocenters. The fourth-order valence-electron chi connectivity index (χ4n) is 1.36. The number of rotatable bonds is 2. The van der Waals surface area contributed by atoms with Crippen LogP contribution in [0.25, 0.3) is 0 Å². The van der Waals surface area contributed by atoms with Crippen LogP contribution in [0, 0.1) is 0 Å². The van der Waals surface area contributed by atoms with Crippen LogP contribution >= 0.6 is 0 Å². The lowest BCUT2D eigenvalue weighted by Gasteiger charge is -2.09. The molecule has 0 unspecified atom stereocenters. The fourth-order valence-corrected chi connectivity index (χ4v) is 1.36. The van der Waals surface area contributed by atoms with Gasteiger partial charge in [0, 0.05) is 5.56 Å². The summed E-state index contributed by atoms with van der Waals surface area (Å²) in [5.74, 6) is -0.261. The van der Waals surface area contributed by atoms with Crippen LogP contribution in [-0.4, -0.2) is 17.4 Å². The Bertz CT molecular complexity index is 362. The molecule has 1 aliphatic rings. The predicted molar refractivity (Wildman–Crippen MR) is 43.5 cm³/mol. The van der Waals surface area contributed by atoms with E-state index >= 15 is 0 Å². The van der Waals surface area contributed by atoms with Gasteiger partial charge in [0.15, 0.2) is 0 Å². The zero-order chi connectivity index (χ0) is 9.26. The highest BCUT2D eigenvalue weighted by atomic mass is 16.7. The highest BCUT2D eigenvalue weighted by Crippen LogP contribution is 2.21. The molecular weight excluding hydrogens is 170 g/mol. The van der Waals surface area contributed by atoms with Crippen LogP contribution in [-0.2, 0) is 16.2 Å². The summed E-state index contributed by atoms with van der Waals surface area (Å²) in [5.41, 5.74) is 1.48. The molecule has 4 heteroatoms. The number of carbonyl (C=O) groups is 2. The Morgan fingerprint density at radius 1 is 1.38 bits per heavy atom. The number of hydrogen-bond donors (Lipinski definition) is 0. The Morgan fingerprint density at radius 2 is 2.15 bits per heavy atom. The quantitative estimate of drug-likeness (QED) is 0.625. The second kappa shape index (κ2) is 2.90. The first-order valence-electron chi connectivity index (χ1n) is 3.83. The first-order valence-corrected chi connectivity index (χ1v) is 3.83. The van der Waals surface area contributed by atoms with E-state index in [2.05, 4.69) is 4.84 Å². The molecule has 1 amide bonds. The number of amides is 1. The zero-order valence-corrected chi connectivity index (χ0v) is 6.77. The zero-order valence-electron chi connectivity index (χ0n) is 6.77. The molecule has 0 spiro atoms. The molecule has 1 aromatic carbocycles. The second-order valence-corrected chi connectivity index (χ2v) is 2.70. The minimum absolute atomic E-state index is 0.254. The van der Waals surface area contributed by atoms with Crippen LogP contribution in [0.1, 0.15) is 15.9 Å². The first-order chi connectivity index (χ1) is 6.33. The lowest BCUT2D eigenvalue weighted by atomic mass is 10.1. The molecule has 4 nitrogen and oxygen atoms in total. The number of hydrogen-bond acceptors (Lipinski definition) is 3. The van der Waals surface area contributed by atoms with Gasteiger partial charge in [0.2, 0.25) is 0 Å². The van der Waals surface area contributed by atoms with Crippen molar-refractivity contribution in [1.29, 1.82) is 0 Å². The van der Waals surface area contributed by atoms with Crippen LogP contribution in [0.15, 0.2) is 24.3 Å². The molecule has 2 rings (SSSR count). The summed E-state index contributed by atoms with van der Waals surface area (Å²) in [6, 6.07) is 7.17. The minimum atomic E-state index is -0.261. The van der Waals surface area contributed by atoms with Gasteiger partial charge in [-0.05, 0) is 11.6 Å². The van der Waals surface area contributed by atoms with Gasteiger partial charge in [-0.2, -0.15) is 5.06 Å². The normalized spacial score (nSPS) is 14.2. The van der Waals surface area contributed by atoms with E-state index in [1.807, 2.05) is 12.1 Å². The second-order valence-electron chi connectivity index (χ2n) is 2.70. The topological polar surface area (TPSA) is 46.6 Å². The summed E-state index contributed by atoms with van der Waals surface area (Å²) < 4.78 is 0. The van der Waals surface area contributed by atoms with Crippen molar-refractivity contribution in [2.75, 3.05) is 0 Å². The summed E-state index contributed by atoms with van der Waals surface area (Å²) in [6.07, 6.45) is 0. The molecule has 0 N–H and O–H groups in total. The summed E-state index contributed by atoms with van der Waals surface area (Å²) in [6.45, 7) is 0.595. The number of hydroxylamine groups is 2. The Hall–Kier alpha value is -1.84. The molecule has 0 fully saturated rings. The number of benzene rings is 1. The summed E-state index contributed by atoms with van der Waals surface area (Å²) in [4.78, 5) is 26.0. The van der Waals surface area contributed by atoms with Crippen molar-refractivity contribution in [3.8, 4) is 0 Å². The van der Waals surface area contributed by atoms with Gasteiger partial charge in [-0.15, -0.1) is 0 Å². The molecule has 0 saturated carbocycles. The molecule has 1 aliphatic heterocycles. The minimum Gasteiger partial charge on any atom is -0.341 e. The van der Waals surface area contributed by atoms with Gasteiger partial charge in [0.05, 0.1) is 6.54 Å². The number of fused-ring (bicyclic) bond motifs is 1. The van der Waals surface area contributed by atoms with Crippen molar-refractivity contribution in [2.45, 2.75) is 6.54 Å². The average Bonchev–Trinajstić information content (AvgIpc) is 2.46.